The first-order valence-corrected chi connectivity index (χ1v) is 12.7. The quantitative estimate of drug-likeness (QED) is 0.390. The molecule has 1 aliphatic heterocycles. The van der Waals surface area contributed by atoms with Crippen molar-refractivity contribution in [3.63, 3.8) is 0 Å². The number of likely N-dealkylation sites (tertiary alicyclic amines) is 1. The van der Waals surface area contributed by atoms with Crippen LogP contribution in [0.3, 0.4) is 0 Å². The van der Waals surface area contributed by atoms with E-state index in [4.69, 9.17) is 28.9 Å². The molecule has 35 heavy (non-hydrogen) atoms. The summed E-state index contributed by atoms with van der Waals surface area (Å²) in [6, 6.07) is 21.8. The van der Waals surface area contributed by atoms with Crippen molar-refractivity contribution in [2.75, 3.05) is 44.4 Å². The Labute approximate surface area is 217 Å². The molecule has 0 radical (unpaired) electrons. The van der Waals surface area contributed by atoms with E-state index in [0.717, 1.165) is 41.7 Å². The fraction of sp³-hybridized carbons (Fsp3) is 0.321. The lowest BCUT2D eigenvalue weighted by Crippen LogP contribution is -2.40. The zero-order chi connectivity index (χ0) is 24.9. The molecule has 0 bridgehead atoms. The highest BCUT2D eigenvalue weighted by Crippen LogP contribution is 2.33. The van der Waals surface area contributed by atoms with Gasteiger partial charge in [0.1, 0.15) is 0 Å². The first-order valence-electron chi connectivity index (χ1n) is 11.9. The van der Waals surface area contributed by atoms with E-state index in [1.54, 1.807) is 6.07 Å². The lowest BCUT2D eigenvalue weighted by molar-refractivity contribution is 0.0931. The highest BCUT2D eigenvalue weighted by atomic mass is 35.5. The standard InChI is InChI=1S/C28H32Cl2N4O/c1-33(2)24-11-12-26(31)25(17-24)28(35)32-18-19-13-15-34(16-14-19)27(20-3-7-22(29)8-4-20)21-5-9-23(30)10-6-21/h3-12,17,19,27H,13-16,18,31H2,1-2H3,(H,32,35). The minimum absolute atomic E-state index is 0.117. The Balaban J connectivity index is 1.40. The monoisotopic (exact) mass is 510 g/mol. The molecule has 7 heteroatoms. The van der Waals surface area contributed by atoms with Crippen molar-refractivity contribution in [1.29, 1.82) is 0 Å². The van der Waals surface area contributed by atoms with E-state index >= 15 is 0 Å². The second-order valence-electron chi connectivity index (χ2n) is 9.36. The predicted octanol–water partition coefficient (Wildman–Crippen LogP) is 5.87. The number of carbonyl (C=O) groups is 1. The van der Waals surface area contributed by atoms with Gasteiger partial charge in [0.25, 0.3) is 5.91 Å². The molecule has 1 saturated heterocycles. The Morgan fingerprint density at radius 2 is 1.51 bits per heavy atom. The summed E-state index contributed by atoms with van der Waals surface area (Å²) < 4.78 is 0. The number of rotatable bonds is 7. The average Bonchev–Trinajstić information content (AvgIpc) is 2.86. The summed E-state index contributed by atoms with van der Waals surface area (Å²) in [4.78, 5) is 17.3. The molecule has 4 rings (SSSR count). The number of hydrogen-bond acceptors (Lipinski definition) is 4. The van der Waals surface area contributed by atoms with Gasteiger partial charge in [-0.15, -0.1) is 0 Å². The second kappa shape index (κ2) is 11.3. The Hall–Kier alpha value is -2.73. The van der Waals surface area contributed by atoms with Gasteiger partial charge >= 0.3 is 0 Å². The van der Waals surface area contributed by atoms with Gasteiger partial charge in [-0.1, -0.05) is 47.5 Å². The number of anilines is 2. The molecule has 3 aromatic carbocycles. The molecular formula is C28H32Cl2N4O. The van der Waals surface area contributed by atoms with Gasteiger partial charge in [-0.2, -0.15) is 0 Å². The third-order valence-electron chi connectivity index (χ3n) is 6.73. The van der Waals surface area contributed by atoms with Crippen LogP contribution in [0.5, 0.6) is 0 Å². The first kappa shape index (κ1) is 25.4. The van der Waals surface area contributed by atoms with Gasteiger partial charge in [0.2, 0.25) is 0 Å². The Kier molecular flexibility index (Phi) is 8.22. The van der Waals surface area contributed by atoms with Crippen LogP contribution >= 0.6 is 23.2 Å². The topological polar surface area (TPSA) is 61.6 Å². The van der Waals surface area contributed by atoms with Crippen LogP contribution < -0.4 is 16.0 Å². The maximum atomic E-state index is 12.8. The van der Waals surface area contributed by atoms with Gasteiger partial charge in [-0.3, -0.25) is 9.69 Å². The summed E-state index contributed by atoms with van der Waals surface area (Å²) in [5.74, 6) is 0.304. The van der Waals surface area contributed by atoms with Crippen LogP contribution in [0.25, 0.3) is 0 Å². The zero-order valence-electron chi connectivity index (χ0n) is 20.2. The summed E-state index contributed by atoms with van der Waals surface area (Å²) in [5, 5.41) is 4.57. The average molecular weight is 511 g/mol. The molecule has 0 unspecified atom stereocenters. The van der Waals surface area contributed by atoms with Crippen molar-refractivity contribution in [1.82, 2.24) is 10.2 Å². The molecule has 5 nitrogen and oxygen atoms in total. The Morgan fingerprint density at radius 3 is 2.03 bits per heavy atom. The molecule has 1 aliphatic rings. The van der Waals surface area contributed by atoms with Gasteiger partial charge in [0.05, 0.1) is 11.6 Å². The number of piperidine rings is 1. The van der Waals surface area contributed by atoms with Crippen molar-refractivity contribution in [3.8, 4) is 0 Å². The van der Waals surface area contributed by atoms with Crippen molar-refractivity contribution in [2.45, 2.75) is 18.9 Å². The highest BCUT2D eigenvalue weighted by molar-refractivity contribution is 6.30. The molecule has 0 aromatic heterocycles. The smallest absolute Gasteiger partial charge is 0.253 e. The van der Waals surface area contributed by atoms with Crippen molar-refractivity contribution in [2.24, 2.45) is 5.92 Å². The third-order valence-corrected chi connectivity index (χ3v) is 7.24. The van der Waals surface area contributed by atoms with Gasteiger partial charge in [0.15, 0.2) is 0 Å². The summed E-state index contributed by atoms with van der Waals surface area (Å²) in [6.45, 7) is 2.52. The van der Waals surface area contributed by atoms with Crippen LogP contribution in [0.15, 0.2) is 66.7 Å². The summed E-state index contributed by atoms with van der Waals surface area (Å²) in [6.07, 6.45) is 2.01. The number of amides is 1. The van der Waals surface area contributed by atoms with Gasteiger partial charge in [-0.05, 0) is 85.4 Å². The molecule has 184 valence electrons. The number of carbonyl (C=O) groups excluding carboxylic acids is 1. The van der Waals surface area contributed by atoms with Gasteiger partial charge < -0.3 is 16.0 Å². The first-order chi connectivity index (χ1) is 16.8. The summed E-state index contributed by atoms with van der Waals surface area (Å²) >= 11 is 12.3. The molecule has 0 atom stereocenters. The van der Waals surface area contributed by atoms with E-state index in [2.05, 4.69) is 34.5 Å². The van der Waals surface area contributed by atoms with E-state index in [-0.39, 0.29) is 11.9 Å². The molecule has 1 amide bonds. The van der Waals surface area contributed by atoms with Crippen LogP contribution in [-0.2, 0) is 0 Å². The third kappa shape index (κ3) is 6.29. The fourth-order valence-corrected chi connectivity index (χ4v) is 4.92. The predicted molar refractivity (Wildman–Crippen MR) is 147 cm³/mol. The molecule has 0 saturated carbocycles. The molecular weight excluding hydrogens is 479 g/mol. The maximum Gasteiger partial charge on any atom is 0.253 e. The second-order valence-corrected chi connectivity index (χ2v) is 10.2. The number of nitrogens with zero attached hydrogens (tertiary/aromatic N) is 2. The van der Waals surface area contributed by atoms with E-state index < -0.39 is 0 Å². The zero-order valence-corrected chi connectivity index (χ0v) is 21.7. The highest BCUT2D eigenvalue weighted by Gasteiger charge is 2.28. The van der Waals surface area contributed by atoms with Gasteiger partial charge in [-0.25, -0.2) is 0 Å². The van der Waals surface area contributed by atoms with E-state index in [1.165, 1.54) is 11.1 Å². The lowest BCUT2D eigenvalue weighted by atomic mass is 9.91. The van der Waals surface area contributed by atoms with Crippen LogP contribution in [-0.4, -0.2) is 44.5 Å². The van der Waals surface area contributed by atoms with E-state index in [9.17, 15) is 4.79 Å². The van der Waals surface area contributed by atoms with E-state index in [0.29, 0.717) is 23.7 Å². The van der Waals surface area contributed by atoms with Crippen molar-refractivity contribution in [3.05, 3.63) is 93.5 Å². The minimum Gasteiger partial charge on any atom is -0.398 e. The van der Waals surface area contributed by atoms with Crippen LogP contribution in [0.2, 0.25) is 10.0 Å². The largest absolute Gasteiger partial charge is 0.398 e. The lowest BCUT2D eigenvalue weighted by Gasteiger charge is -2.38. The molecule has 1 heterocycles. The number of hydrogen-bond donors (Lipinski definition) is 2. The van der Waals surface area contributed by atoms with Gasteiger partial charge in [0, 0.05) is 42.1 Å². The molecule has 0 aliphatic carbocycles. The van der Waals surface area contributed by atoms with Crippen LogP contribution in [0.1, 0.15) is 40.4 Å². The number of benzene rings is 3. The fourth-order valence-electron chi connectivity index (χ4n) is 4.67. The van der Waals surface area contributed by atoms with E-state index in [1.807, 2.05) is 55.4 Å². The SMILES string of the molecule is CN(C)c1ccc(N)c(C(=O)NCC2CCN(C(c3ccc(Cl)cc3)c3ccc(Cl)cc3)CC2)c1. The number of nitrogens with two attached hydrogens (primary N) is 1. The number of nitrogens with one attached hydrogen (secondary N) is 1. The normalized spacial score (nSPS) is 14.8. The van der Waals surface area contributed by atoms with Crippen LogP contribution in [0, 0.1) is 5.92 Å². The van der Waals surface area contributed by atoms with Crippen molar-refractivity contribution >= 4 is 40.5 Å². The molecule has 3 aromatic rings. The summed E-state index contributed by atoms with van der Waals surface area (Å²) in [5.41, 5.74) is 10.5. The number of halogens is 2. The van der Waals surface area contributed by atoms with Crippen molar-refractivity contribution < 1.29 is 4.79 Å². The molecule has 3 N–H and O–H groups in total. The number of nitrogen functional groups attached to an aromatic ring is 1. The minimum atomic E-state index is -0.117. The Morgan fingerprint density at radius 1 is 0.971 bits per heavy atom. The van der Waals surface area contributed by atoms with Crippen LogP contribution in [0.4, 0.5) is 11.4 Å². The molecule has 1 fully saturated rings. The summed E-state index contributed by atoms with van der Waals surface area (Å²) in [7, 11) is 3.89. The maximum absolute atomic E-state index is 12.8. The Bertz CT molecular complexity index is 1100. The molecule has 0 spiro atoms.